The van der Waals surface area contributed by atoms with E-state index in [0.717, 1.165) is 83.8 Å². The Bertz CT molecular complexity index is 2910. The zero-order valence-electron chi connectivity index (χ0n) is 34.1. The van der Waals surface area contributed by atoms with Crippen LogP contribution in [0.4, 0.5) is 0 Å². The molecule has 4 aromatic carbocycles. The van der Waals surface area contributed by atoms with Gasteiger partial charge in [0.05, 0.1) is 44.2 Å². The van der Waals surface area contributed by atoms with Gasteiger partial charge in [0.2, 0.25) is 11.6 Å². The van der Waals surface area contributed by atoms with E-state index in [4.69, 9.17) is 9.97 Å². The molecule has 0 amide bonds. The van der Waals surface area contributed by atoms with Crippen molar-refractivity contribution in [1.29, 1.82) is 0 Å². The number of carbonyl (C=O) groups excluding carboxylic acids is 2. The van der Waals surface area contributed by atoms with Crippen molar-refractivity contribution in [3.8, 4) is 0 Å². The average molecular weight is 965 g/mol. The number of hydrogen-bond donors (Lipinski definition) is 2. The highest BCUT2D eigenvalue weighted by molar-refractivity contribution is 14.1. The number of aromatic amines is 2. The van der Waals surface area contributed by atoms with Crippen molar-refractivity contribution < 1.29 is 9.59 Å². The van der Waals surface area contributed by atoms with Crippen molar-refractivity contribution in [2.45, 2.75) is 105 Å². The summed E-state index contributed by atoms with van der Waals surface area (Å²) in [5.41, 5.74) is 10.3. The standard InChI is InChI=1S/C48H46I2N4O2/c1-45(2,3)21-13-25-33(49)39-27-15-23(47(7,8)9)20-32-38(27)54-42(44(32)56)30-18-22(46(4,5)6)14-26-34(50)40(52-36(26)30)28-16-24(48(10,11)12)19-31-37(28)53-41(43(31)55)29(17-21)35(25)51-39/h13-20,51-52H,1-12H3. The first-order valence-electron chi connectivity index (χ1n) is 19.3. The maximum Gasteiger partial charge on any atom is 0.214 e. The molecule has 3 aromatic heterocycles. The predicted octanol–water partition coefficient (Wildman–Crippen LogP) is 13.2. The van der Waals surface area contributed by atoms with Gasteiger partial charge in [0.15, 0.2) is 0 Å². The number of fused-ring (bicyclic) bond motifs is 8. The van der Waals surface area contributed by atoms with Gasteiger partial charge in [0.25, 0.3) is 0 Å². The summed E-state index contributed by atoms with van der Waals surface area (Å²) in [6.45, 7) is 26.3. The Morgan fingerprint density at radius 2 is 0.696 bits per heavy atom. The van der Waals surface area contributed by atoms with Gasteiger partial charge in [-0.2, -0.15) is 0 Å². The van der Waals surface area contributed by atoms with Crippen LogP contribution >= 0.6 is 45.2 Å². The Balaban J connectivity index is 1.63. The molecule has 0 atom stereocenters. The van der Waals surface area contributed by atoms with Crippen LogP contribution in [0.15, 0.2) is 48.5 Å². The minimum Gasteiger partial charge on any atom is -0.353 e. The molecule has 0 radical (unpaired) electrons. The van der Waals surface area contributed by atoms with E-state index in [0.29, 0.717) is 33.5 Å². The van der Waals surface area contributed by atoms with Crippen LogP contribution in [-0.4, -0.2) is 31.5 Å². The average Bonchev–Trinajstić information content (AvgIpc) is 3.82. The van der Waals surface area contributed by atoms with Crippen LogP contribution in [0.2, 0.25) is 0 Å². The van der Waals surface area contributed by atoms with Gasteiger partial charge in [-0.3, -0.25) is 9.59 Å². The molecule has 0 unspecified atom stereocenters. The second-order valence-corrected chi connectivity index (χ2v) is 22.1. The SMILES string of the molecule is CC(C)(C)c1cc2c3nc4c(cc(C(C)(C)C)cc4c4[nH]c5c(cc(C(C)(C)C)cc5c4I)c4nc5c(cc(C(C)(C)C)cc5c5[nH]c2c(c1)c5I)C4=O)C3=O. The second kappa shape index (κ2) is 11.8. The van der Waals surface area contributed by atoms with Gasteiger partial charge < -0.3 is 9.97 Å². The highest BCUT2D eigenvalue weighted by Crippen LogP contribution is 2.43. The summed E-state index contributed by atoms with van der Waals surface area (Å²) in [6, 6.07) is 17.3. The fraction of sp³-hybridized carbons (Fsp3) is 0.333. The van der Waals surface area contributed by atoms with Crippen LogP contribution in [0.1, 0.15) is 137 Å². The number of benzene rings is 4. The Morgan fingerprint density at radius 3 is 1.02 bits per heavy atom. The molecule has 8 heteroatoms. The predicted molar refractivity (Wildman–Crippen MR) is 249 cm³/mol. The number of nitrogens with zero attached hydrogens (tertiary/aromatic N) is 2. The summed E-state index contributed by atoms with van der Waals surface area (Å²) >= 11 is 4.88. The Kier molecular flexibility index (Phi) is 7.96. The fourth-order valence-corrected chi connectivity index (χ4v) is 9.89. The smallest absolute Gasteiger partial charge is 0.214 e. The molecule has 0 saturated carbocycles. The van der Waals surface area contributed by atoms with E-state index < -0.39 is 0 Å². The first kappa shape index (κ1) is 37.7. The molecular weight excluding hydrogens is 918 g/mol. The van der Waals surface area contributed by atoms with E-state index in [9.17, 15) is 9.59 Å². The minimum absolute atomic E-state index is 0.0768. The van der Waals surface area contributed by atoms with E-state index in [1.54, 1.807) is 0 Å². The lowest BCUT2D eigenvalue weighted by Crippen LogP contribution is -2.12. The topological polar surface area (TPSA) is 91.5 Å². The van der Waals surface area contributed by atoms with Crippen molar-refractivity contribution in [2.24, 2.45) is 0 Å². The summed E-state index contributed by atoms with van der Waals surface area (Å²) in [6.07, 6.45) is 0. The molecule has 7 aromatic rings. The number of aromatic nitrogens is 4. The molecule has 284 valence electrons. The lowest BCUT2D eigenvalue weighted by Gasteiger charge is -2.20. The second-order valence-electron chi connectivity index (χ2n) is 19.9. The highest BCUT2D eigenvalue weighted by Gasteiger charge is 2.32. The van der Waals surface area contributed by atoms with E-state index in [-0.39, 0.29) is 33.2 Å². The molecule has 9 rings (SSSR count). The van der Waals surface area contributed by atoms with Crippen LogP contribution in [0, 0.1) is 7.14 Å². The molecule has 5 heterocycles. The number of halogens is 2. The van der Waals surface area contributed by atoms with Gasteiger partial charge in [-0.15, -0.1) is 0 Å². The van der Waals surface area contributed by atoms with Crippen molar-refractivity contribution in [3.63, 3.8) is 0 Å². The molecule has 8 bridgehead atoms. The van der Waals surface area contributed by atoms with Crippen molar-refractivity contribution in [3.05, 3.63) is 100 Å². The Hall–Kier alpha value is -3.90. The highest BCUT2D eigenvalue weighted by atomic mass is 127. The van der Waals surface area contributed by atoms with Crippen molar-refractivity contribution in [1.82, 2.24) is 19.9 Å². The maximum absolute atomic E-state index is 15.0. The third-order valence-corrected chi connectivity index (χ3v) is 14.0. The first-order valence-corrected chi connectivity index (χ1v) is 21.5. The van der Waals surface area contributed by atoms with E-state index in [2.05, 4.69) is 175 Å². The van der Waals surface area contributed by atoms with E-state index >= 15 is 0 Å². The van der Waals surface area contributed by atoms with Crippen LogP contribution in [0.25, 0.3) is 65.4 Å². The molecule has 56 heavy (non-hydrogen) atoms. The number of hydrogen-bond acceptors (Lipinski definition) is 4. The van der Waals surface area contributed by atoms with Gasteiger partial charge in [-0.1, -0.05) is 83.1 Å². The fourth-order valence-electron chi connectivity index (χ4n) is 8.19. The van der Waals surface area contributed by atoms with Crippen LogP contribution in [0.5, 0.6) is 0 Å². The first-order chi connectivity index (χ1) is 25.9. The van der Waals surface area contributed by atoms with Crippen molar-refractivity contribution >= 4 is 122 Å². The quantitative estimate of drug-likeness (QED) is 0.148. The number of carbonyl (C=O) groups is 2. The number of H-pyrrole nitrogens is 2. The zero-order valence-corrected chi connectivity index (χ0v) is 38.4. The van der Waals surface area contributed by atoms with Gasteiger partial charge in [0, 0.05) is 39.5 Å². The normalized spacial score (nSPS) is 14.3. The lowest BCUT2D eigenvalue weighted by atomic mass is 9.84. The molecule has 2 N–H and O–H groups in total. The molecular formula is C48H46I2N4O2. The summed E-state index contributed by atoms with van der Waals surface area (Å²) in [4.78, 5) is 48.3. The molecule has 6 nitrogen and oxygen atoms in total. The van der Waals surface area contributed by atoms with Gasteiger partial charge >= 0.3 is 0 Å². The monoisotopic (exact) mass is 964 g/mol. The maximum atomic E-state index is 15.0. The third kappa shape index (κ3) is 5.51. The van der Waals surface area contributed by atoms with E-state index in [1.807, 2.05) is 12.1 Å². The number of ketones is 2. The molecule has 0 aliphatic carbocycles. The molecule has 0 fully saturated rings. The Labute approximate surface area is 354 Å². The summed E-state index contributed by atoms with van der Waals surface area (Å²) in [5.74, 6) is -0.154. The lowest BCUT2D eigenvalue weighted by molar-refractivity contribution is 0.103. The van der Waals surface area contributed by atoms with Crippen molar-refractivity contribution in [2.75, 3.05) is 0 Å². The van der Waals surface area contributed by atoms with Gasteiger partial charge in [0.1, 0.15) is 11.4 Å². The largest absolute Gasteiger partial charge is 0.353 e. The number of rotatable bonds is 0. The van der Waals surface area contributed by atoms with E-state index in [1.165, 1.54) is 0 Å². The molecule has 2 aliphatic heterocycles. The van der Waals surface area contributed by atoms with Crippen LogP contribution in [-0.2, 0) is 21.7 Å². The summed E-state index contributed by atoms with van der Waals surface area (Å²) in [5, 5.41) is 5.33. The van der Waals surface area contributed by atoms with Crippen LogP contribution in [0.3, 0.4) is 0 Å². The van der Waals surface area contributed by atoms with Crippen LogP contribution < -0.4 is 0 Å². The summed E-state index contributed by atoms with van der Waals surface area (Å²) in [7, 11) is 0. The molecule has 2 aliphatic rings. The Morgan fingerprint density at radius 1 is 0.411 bits per heavy atom. The molecule has 0 saturated heterocycles. The zero-order chi connectivity index (χ0) is 40.3. The van der Waals surface area contributed by atoms with Gasteiger partial charge in [-0.25, -0.2) is 9.97 Å². The minimum atomic E-state index is -0.239. The third-order valence-electron chi connectivity index (χ3n) is 11.8. The summed E-state index contributed by atoms with van der Waals surface area (Å²) < 4.78 is 2.02. The molecule has 0 spiro atoms. The number of nitrogens with one attached hydrogen (secondary N) is 2. The van der Waals surface area contributed by atoms with Gasteiger partial charge in [-0.05, 0) is 138 Å².